The zero-order valence-corrected chi connectivity index (χ0v) is 10.6. The maximum absolute atomic E-state index is 11.7. The van der Waals surface area contributed by atoms with Gasteiger partial charge in [-0.2, -0.15) is 0 Å². The molecule has 0 radical (unpaired) electrons. The van der Waals surface area contributed by atoms with Crippen LogP contribution in [0.25, 0.3) is 0 Å². The van der Waals surface area contributed by atoms with Gasteiger partial charge in [0.05, 0.1) is 18.4 Å². The molecule has 3 heterocycles. The minimum absolute atomic E-state index is 0.195. The number of esters is 2. The van der Waals surface area contributed by atoms with Crippen molar-refractivity contribution in [3.05, 3.63) is 36.7 Å². The van der Waals surface area contributed by atoms with Crippen molar-refractivity contribution in [1.29, 1.82) is 0 Å². The third kappa shape index (κ3) is 2.23. The zero-order chi connectivity index (χ0) is 14.0. The number of carbonyl (C=O) groups is 2. The first kappa shape index (κ1) is 12.6. The molecule has 7 heteroatoms. The molecule has 0 bridgehead atoms. The van der Waals surface area contributed by atoms with Gasteiger partial charge in [-0.1, -0.05) is 0 Å². The monoisotopic (exact) mass is 275 g/mol. The van der Waals surface area contributed by atoms with E-state index >= 15 is 0 Å². The molecule has 104 valence electrons. The highest BCUT2D eigenvalue weighted by Gasteiger charge is 2.47. The van der Waals surface area contributed by atoms with Crippen molar-refractivity contribution < 1.29 is 19.1 Å². The number of hydrogen-bond donors (Lipinski definition) is 1. The number of pyridine rings is 1. The van der Waals surface area contributed by atoms with Crippen molar-refractivity contribution >= 4 is 17.6 Å². The molecule has 0 atom stereocenters. The van der Waals surface area contributed by atoms with Crippen molar-refractivity contribution in [1.82, 2.24) is 10.3 Å². The van der Waals surface area contributed by atoms with E-state index in [0.717, 1.165) is 17.8 Å². The summed E-state index contributed by atoms with van der Waals surface area (Å²) in [4.78, 5) is 29.1. The van der Waals surface area contributed by atoms with E-state index in [2.05, 4.69) is 10.3 Å². The summed E-state index contributed by atoms with van der Waals surface area (Å²) in [6.45, 7) is 1.40. The Morgan fingerprint density at radius 1 is 1.25 bits per heavy atom. The van der Waals surface area contributed by atoms with Crippen LogP contribution in [0.4, 0.5) is 5.69 Å². The number of rotatable bonds is 1. The largest absolute Gasteiger partial charge is 0.399 e. The summed E-state index contributed by atoms with van der Waals surface area (Å²) < 4.78 is 10.7. The fraction of sp³-hybridized carbons (Fsp3) is 0.308. The molecule has 20 heavy (non-hydrogen) atoms. The molecule has 2 aliphatic heterocycles. The van der Waals surface area contributed by atoms with Crippen molar-refractivity contribution in [3.8, 4) is 0 Å². The van der Waals surface area contributed by atoms with Crippen LogP contribution < -0.4 is 10.2 Å². The molecule has 3 rings (SSSR count). The van der Waals surface area contributed by atoms with Crippen LogP contribution in [-0.4, -0.2) is 42.5 Å². The third-order valence-electron chi connectivity index (χ3n) is 3.11. The Labute approximate surface area is 115 Å². The van der Waals surface area contributed by atoms with Gasteiger partial charge in [0, 0.05) is 31.4 Å². The number of hydrogen-bond acceptors (Lipinski definition) is 7. The lowest BCUT2D eigenvalue weighted by Gasteiger charge is -2.44. The quantitative estimate of drug-likeness (QED) is 0.711. The van der Waals surface area contributed by atoms with Gasteiger partial charge in [-0.25, -0.2) is 9.59 Å². The van der Waals surface area contributed by atoms with Gasteiger partial charge in [0.15, 0.2) is 0 Å². The second-order valence-corrected chi connectivity index (χ2v) is 4.43. The Kier molecular flexibility index (Phi) is 3.11. The molecular formula is C13H13N3O4. The van der Waals surface area contributed by atoms with Gasteiger partial charge in [0.25, 0.3) is 0 Å². The molecule has 0 amide bonds. The van der Waals surface area contributed by atoms with Gasteiger partial charge in [-0.05, 0) is 12.1 Å². The number of ether oxygens (including phenoxy) is 2. The molecule has 1 fully saturated rings. The SMILES string of the molecule is O=C1C=CC(=O)OC2(CNCCN2c2cccnc2)O1. The van der Waals surface area contributed by atoms with E-state index < -0.39 is 17.8 Å². The van der Waals surface area contributed by atoms with Crippen LogP contribution in [0, 0.1) is 0 Å². The van der Waals surface area contributed by atoms with E-state index in [1.165, 1.54) is 0 Å². The summed E-state index contributed by atoms with van der Waals surface area (Å²) in [5.41, 5.74) is 0.719. The highest BCUT2D eigenvalue weighted by atomic mass is 16.8. The van der Waals surface area contributed by atoms with Crippen LogP contribution in [0.15, 0.2) is 36.7 Å². The third-order valence-corrected chi connectivity index (χ3v) is 3.11. The molecule has 1 aromatic rings. The van der Waals surface area contributed by atoms with Crippen molar-refractivity contribution in [2.24, 2.45) is 0 Å². The van der Waals surface area contributed by atoms with Crippen molar-refractivity contribution in [3.63, 3.8) is 0 Å². The van der Waals surface area contributed by atoms with E-state index in [9.17, 15) is 9.59 Å². The molecule has 2 aliphatic rings. The standard InChI is InChI=1S/C13H13N3O4/c17-11-3-4-12(18)20-13(19-11)9-15-6-7-16(13)10-2-1-5-14-8-10/h1-5,8,15H,6-7,9H2. The highest BCUT2D eigenvalue weighted by Crippen LogP contribution is 2.29. The minimum atomic E-state index is -1.47. The number of nitrogens with zero attached hydrogens (tertiary/aromatic N) is 2. The first-order chi connectivity index (χ1) is 9.70. The average Bonchev–Trinajstić information content (AvgIpc) is 2.59. The highest BCUT2D eigenvalue weighted by molar-refractivity contribution is 5.93. The van der Waals surface area contributed by atoms with E-state index in [0.29, 0.717) is 13.1 Å². The molecule has 1 aromatic heterocycles. The van der Waals surface area contributed by atoms with Crippen LogP contribution in [0.2, 0.25) is 0 Å². The first-order valence-corrected chi connectivity index (χ1v) is 6.22. The molecule has 7 nitrogen and oxygen atoms in total. The van der Waals surface area contributed by atoms with Crippen molar-refractivity contribution in [2.75, 3.05) is 24.5 Å². The molecule has 0 aromatic carbocycles. The van der Waals surface area contributed by atoms with Crippen LogP contribution in [0.1, 0.15) is 0 Å². The molecule has 1 saturated heterocycles. The lowest BCUT2D eigenvalue weighted by Crippen LogP contribution is -2.65. The van der Waals surface area contributed by atoms with Crippen LogP contribution >= 0.6 is 0 Å². The summed E-state index contributed by atoms with van der Waals surface area (Å²) in [6, 6.07) is 3.59. The number of piperazine rings is 1. The normalized spacial score (nSPS) is 21.3. The number of anilines is 1. The predicted molar refractivity (Wildman–Crippen MR) is 68.5 cm³/mol. The number of nitrogens with one attached hydrogen (secondary N) is 1. The molecule has 1 spiro atoms. The van der Waals surface area contributed by atoms with Gasteiger partial charge in [-0.15, -0.1) is 0 Å². The molecular weight excluding hydrogens is 262 g/mol. The molecule has 0 aliphatic carbocycles. The molecule has 0 saturated carbocycles. The van der Waals surface area contributed by atoms with E-state index in [1.54, 1.807) is 23.4 Å². The molecule has 1 N–H and O–H groups in total. The Balaban J connectivity index is 1.99. The van der Waals surface area contributed by atoms with Gasteiger partial charge in [0.1, 0.15) is 0 Å². The topological polar surface area (TPSA) is 80.8 Å². The van der Waals surface area contributed by atoms with Gasteiger partial charge in [0.2, 0.25) is 0 Å². The summed E-state index contributed by atoms with van der Waals surface area (Å²) in [5, 5.41) is 3.07. The van der Waals surface area contributed by atoms with Gasteiger partial charge < -0.3 is 14.8 Å². The number of aromatic nitrogens is 1. The van der Waals surface area contributed by atoms with Gasteiger partial charge >= 0.3 is 17.8 Å². The summed E-state index contributed by atoms with van der Waals surface area (Å²) >= 11 is 0. The Hall–Kier alpha value is -2.41. The maximum Gasteiger partial charge on any atom is 0.356 e. The van der Waals surface area contributed by atoms with E-state index in [4.69, 9.17) is 9.47 Å². The van der Waals surface area contributed by atoms with Crippen LogP contribution in [0.3, 0.4) is 0 Å². The lowest BCUT2D eigenvalue weighted by molar-refractivity contribution is -0.221. The van der Waals surface area contributed by atoms with E-state index in [-0.39, 0.29) is 6.54 Å². The second-order valence-electron chi connectivity index (χ2n) is 4.43. The van der Waals surface area contributed by atoms with Gasteiger partial charge in [-0.3, -0.25) is 9.88 Å². The first-order valence-electron chi connectivity index (χ1n) is 6.22. The summed E-state index contributed by atoms with van der Waals surface area (Å²) in [7, 11) is 0. The maximum atomic E-state index is 11.7. The fourth-order valence-corrected chi connectivity index (χ4v) is 2.26. The van der Waals surface area contributed by atoms with Crippen LogP contribution in [-0.2, 0) is 19.1 Å². The molecule has 0 unspecified atom stereocenters. The Morgan fingerprint density at radius 3 is 2.65 bits per heavy atom. The van der Waals surface area contributed by atoms with Crippen molar-refractivity contribution in [2.45, 2.75) is 5.91 Å². The lowest BCUT2D eigenvalue weighted by atomic mass is 10.2. The minimum Gasteiger partial charge on any atom is -0.399 e. The Morgan fingerprint density at radius 2 is 2.00 bits per heavy atom. The summed E-state index contributed by atoms with van der Waals surface area (Å²) in [6.07, 6.45) is 5.40. The predicted octanol–water partition coefficient (Wildman–Crippen LogP) is -0.199. The summed E-state index contributed by atoms with van der Waals surface area (Å²) in [5.74, 6) is -2.71. The second kappa shape index (κ2) is 4.93. The fourth-order valence-electron chi connectivity index (χ4n) is 2.26. The van der Waals surface area contributed by atoms with Crippen LogP contribution in [0.5, 0.6) is 0 Å². The van der Waals surface area contributed by atoms with E-state index in [1.807, 2.05) is 6.07 Å². The smallest absolute Gasteiger partial charge is 0.356 e. The number of carbonyl (C=O) groups excluding carboxylic acids is 2. The average molecular weight is 275 g/mol. The Bertz CT molecular complexity index is 538. The zero-order valence-electron chi connectivity index (χ0n) is 10.6.